The Morgan fingerprint density at radius 3 is 2.57 bits per heavy atom. The molecular formula is C15H25N5OS2. The van der Waals surface area contributed by atoms with Crippen LogP contribution in [0.1, 0.15) is 64.8 Å². The lowest BCUT2D eigenvalue weighted by molar-refractivity contribution is 0.209. The Hall–Kier alpha value is -1.15. The second-order valence-electron chi connectivity index (χ2n) is 6.18. The molecule has 1 aliphatic rings. The second kappa shape index (κ2) is 8.10. The second-order valence-corrected chi connectivity index (χ2v) is 8.39. The van der Waals surface area contributed by atoms with Crippen molar-refractivity contribution in [2.45, 2.75) is 65.2 Å². The molecule has 1 unspecified atom stereocenters. The number of nitrogens with zero attached hydrogens (tertiary/aromatic N) is 4. The van der Waals surface area contributed by atoms with Crippen LogP contribution in [0.15, 0.2) is 5.10 Å². The molecule has 8 heteroatoms. The molecule has 0 saturated carbocycles. The summed E-state index contributed by atoms with van der Waals surface area (Å²) in [5.74, 6) is 0.638. The van der Waals surface area contributed by atoms with E-state index in [1.165, 1.54) is 11.3 Å². The SMILES string of the molecule is CCCCC1SC(C(C)C)=NN1C(=O)Nc1nnc(C(C)C)s1. The minimum absolute atomic E-state index is 0.0739. The number of hydrogen-bond acceptors (Lipinski definition) is 6. The predicted molar refractivity (Wildman–Crippen MR) is 98.0 cm³/mol. The van der Waals surface area contributed by atoms with Crippen LogP contribution in [0.2, 0.25) is 0 Å². The van der Waals surface area contributed by atoms with Crippen molar-refractivity contribution in [1.29, 1.82) is 0 Å². The van der Waals surface area contributed by atoms with Crippen molar-refractivity contribution in [3.8, 4) is 0 Å². The van der Waals surface area contributed by atoms with Gasteiger partial charge in [0, 0.05) is 11.8 Å². The highest BCUT2D eigenvalue weighted by molar-refractivity contribution is 8.14. The number of hydrogen-bond donors (Lipinski definition) is 1. The van der Waals surface area contributed by atoms with Crippen LogP contribution in [-0.2, 0) is 0 Å². The van der Waals surface area contributed by atoms with Crippen LogP contribution < -0.4 is 5.32 Å². The first-order valence-corrected chi connectivity index (χ1v) is 9.80. The quantitative estimate of drug-likeness (QED) is 0.801. The Labute approximate surface area is 146 Å². The summed E-state index contributed by atoms with van der Waals surface area (Å²) in [6.07, 6.45) is 3.14. The number of unbranched alkanes of at least 4 members (excludes halogenated alkanes) is 1. The highest BCUT2D eigenvalue weighted by Crippen LogP contribution is 2.33. The van der Waals surface area contributed by atoms with Crippen molar-refractivity contribution in [2.24, 2.45) is 11.0 Å². The van der Waals surface area contributed by atoms with Gasteiger partial charge in [0.05, 0.1) is 5.04 Å². The maximum absolute atomic E-state index is 12.6. The van der Waals surface area contributed by atoms with Gasteiger partial charge in [-0.05, 0) is 6.42 Å². The molecule has 23 heavy (non-hydrogen) atoms. The van der Waals surface area contributed by atoms with Crippen molar-refractivity contribution in [3.63, 3.8) is 0 Å². The molecule has 0 aromatic carbocycles. The molecule has 1 N–H and O–H groups in total. The molecule has 0 aliphatic carbocycles. The van der Waals surface area contributed by atoms with Crippen LogP contribution in [-0.4, -0.2) is 31.7 Å². The summed E-state index contributed by atoms with van der Waals surface area (Å²) in [4.78, 5) is 12.6. The van der Waals surface area contributed by atoms with E-state index in [-0.39, 0.29) is 11.4 Å². The average molecular weight is 356 g/mol. The third-order valence-corrected chi connectivity index (χ3v) is 6.03. The van der Waals surface area contributed by atoms with E-state index < -0.39 is 0 Å². The number of aromatic nitrogens is 2. The van der Waals surface area contributed by atoms with E-state index in [1.807, 2.05) is 0 Å². The van der Waals surface area contributed by atoms with Crippen molar-refractivity contribution in [3.05, 3.63) is 5.01 Å². The monoisotopic (exact) mass is 355 g/mol. The smallest absolute Gasteiger partial charge is 0.280 e. The van der Waals surface area contributed by atoms with Gasteiger partial charge >= 0.3 is 6.03 Å². The van der Waals surface area contributed by atoms with E-state index in [0.29, 0.717) is 17.0 Å². The molecule has 2 rings (SSSR count). The van der Waals surface area contributed by atoms with Crippen LogP contribution in [0, 0.1) is 5.92 Å². The van der Waals surface area contributed by atoms with Crippen molar-refractivity contribution in [1.82, 2.24) is 15.2 Å². The maximum Gasteiger partial charge on any atom is 0.345 e. The first-order valence-electron chi connectivity index (χ1n) is 8.11. The Kier molecular flexibility index (Phi) is 6.41. The zero-order valence-corrected chi connectivity index (χ0v) is 16.0. The standard InChI is InChI=1S/C15H25N5OS2/c1-6-7-8-11-20(19-13(22-11)10(4)5)15(21)16-14-18-17-12(23-14)9(2)3/h9-11H,6-8H2,1-5H3,(H,16,18,21). The van der Waals surface area contributed by atoms with E-state index in [1.54, 1.807) is 16.8 Å². The zero-order chi connectivity index (χ0) is 17.0. The molecule has 0 spiro atoms. The minimum Gasteiger partial charge on any atom is -0.280 e. The molecule has 0 bridgehead atoms. The van der Waals surface area contributed by atoms with Gasteiger partial charge in [0.15, 0.2) is 0 Å². The number of urea groups is 1. The third-order valence-electron chi connectivity index (χ3n) is 3.39. The molecule has 1 aromatic heterocycles. The van der Waals surface area contributed by atoms with Crippen LogP contribution in [0.4, 0.5) is 9.93 Å². The summed E-state index contributed by atoms with van der Waals surface area (Å²) >= 11 is 3.12. The molecule has 0 fully saturated rings. The summed E-state index contributed by atoms with van der Waals surface area (Å²) in [5.41, 5.74) is 0. The lowest BCUT2D eigenvalue weighted by atomic mass is 10.2. The fourth-order valence-electron chi connectivity index (χ4n) is 2.04. The van der Waals surface area contributed by atoms with Crippen molar-refractivity contribution >= 4 is 39.3 Å². The average Bonchev–Trinajstić information content (AvgIpc) is 3.11. The topological polar surface area (TPSA) is 70.5 Å². The van der Waals surface area contributed by atoms with Gasteiger partial charge in [-0.15, -0.1) is 10.2 Å². The van der Waals surface area contributed by atoms with Crippen LogP contribution in [0.25, 0.3) is 0 Å². The molecule has 2 heterocycles. The summed E-state index contributed by atoms with van der Waals surface area (Å²) in [6, 6.07) is -0.222. The number of anilines is 1. The van der Waals surface area contributed by atoms with Crippen molar-refractivity contribution < 1.29 is 4.79 Å². The highest BCUT2D eigenvalue weighted by atomic mass is 32.2. The lowest BCUT2D eigenvalue weighted by Crippen LogP contribution is -2.34. The number of hydrazone groups is 1. The fourth-order valence-corrected chi connectivity index (χ4v) is 3.99. The van der Waals surface area contributed by atoms with Gasteiger partial charge in [0.2, 0.25) is 5.13 Å². The molecule has 2 amide bonds. The molecule has 0 saturated heterocycles. The first-order chi connectivity index (χ1) is 10.9. The van der Waals surface area contributed by atoms with Crippen LogP contribution in [0.5, 0.6) is 0 Å². The largest absolute Gasteiger partial charge is 0.345 e. The molecule has 1 atom stereocenters. The van der Waals surface area contributed by atoms with Gasteiger partial charge in [-0.3, -0.25) is 5.32 Å². The summed E-state index contributed by atoms with van der Waals surface area (Å²) < 4.78 is 0. The zero-order valence-electron chi connectivity index (χ0n) is 14.4. The van der Waals surface area contributed by atoms with E-state index >= 15 is 0 Å². The van der Waals surface area contributed by atoms with Gasteiger partial charge in [0.1, 0.15) is 10.4 Å². The number of rotatable bonds is 6. The molecule has 6 nitrogen and oxygen atoms in total. The molecule has 128 valence electrons. The minimum atomic E-state index is -0.222. The van der Waals surface area contributed by atoms with Gasteiger partial charge in [0.25, 0.3) is 0 Å². The maximum atomic E-state index is 12.6. The predicted octanol–water partition coefficient (Wildman–Crippen LogP) is 4.73. The number of thioether (sulfide) groups is 1. The molecule has 1 aliphatic heterocycles. The van der Waals surface area contributed by atoms with Gasteiger partial charge in [-0.2, -0.15) is 5.10 Å². The number of carbonyl (C=O) groups is 1. The van der Waals surface area contributed by atoms with E-state index in [0.717, 1.165) is 29.3 Å². The Morgan fingerprint density at radius 2 is 2.00 bits per heavy atom. The van der Waals surface area contributed by atoms with Gasteiger partial charge in [-0.1, -0.05) is 70.6 Å². The summed E-state index contributed by atoms with van der Waals surface area (Å²) in [6.45, 7) is 10.5. The Balaban J connectivity index is 2.07. The molecule has 1 aromatic rings. The van der Waals surface area contributed by atoms with Gasteiger partial charge in [-0.25, -0.2) is 9.80 Å². The normalized spacial score (nSPS) is 18.0. The molecular weight excluding hydrogens is 330 g/mol. The Bertz CT molecular complexity index is 570. The van der Waals surface area contributed by atoms with E-state index in [4.69, 9.17) is 0 Å². The number of nitrogens with one attached hydrogen (secondary N) is 1. The fraction of sp³-hybridized carbons (Fsp3) is 0.733. The Morgan fingerprint density at radius 1 is 1.26 bits per heavy atom. The summed E-state index contributed by atoms with van der Waals surface area (Å²) in [7, 11) is 0. The van der Waals surface area contributed by atoms with E-state index in [2.05, 4.69) is 55.2 Å². The molecule has 0 radical (unpaired) electrons. The summed E-state index contributed by atoms with van der Waals surface area (Å²) in [5, 5.41) is 19.6. The number of carbonyl (C=O) groups excluding carboxylic acids is 1. The first kappa shape index (κ1) is 18.2. The van der Waals surface area contributed by atoms with Crippen LogP contribution >= 0.6 is 23.1 Å². The van der Waals surface area contributed by atoms with Gasteiger partial charge < -0.3 is 0 Å². The van der Waals surface area contributed by atoms with Crippen molar-refractivity contribution in [2.75, 3.05) is 5.32 Å². The lowest BCUT2D eigenvalue weighted by Gasteiger charge is -2.20. The number of amides is 2. The highest BCUT2D eigenvalue weighted by Gasteiger charge is 2.33. The van der Waals surface area contributed by atoms with Crippen LogP contribution in [0.3, 0.4) is 0 Å². The third kappa shape index (κ3) is 4.67. The van der Waals surface area contributed by atoms with E-state index in [9.17, 15) is 4.79 Å².